The molecule has 0 aliphatic carbocycles. The van der Waals surface area contributed by atoms with E-state index in [1.165, 1.54) is 27.1 Å². The van der Waals surface area contributed by atoms with Crippen molar-refractivity contribution in [3.05, 3.63) is 134 Å². The highest BCUT2D eigenvalue weighted by molar-refractivity contribution is 6.19. The summed E-state index contributed by atoms with van der Waals surface area (Å²) in [7, 11) is 0. The van der Waals surface area contributed by atoms with E-state index in [-0.39, 0.29) is 0 Å². The van der Waals surface area contributed by atoms with E-state index in [0.29, 0.717) is 0 Å². The molecule has 0 N–H and O–H groups in total. The van der Waals surface area contributed by atoms with Crippen LogP contribution in [0.15, 0.2) is 134 Å². The lowest BCUT2D eigenvalue weighted by Gasteiger charge is -2.11. The summed E-state index contributed by atoms with van der Waals surface area (Å²) in [4.78, 5) is 9.31. The minimum Gasteiger partial charge on any atom is -0.309 e. The van der Waals surface area contributed by atoms with E-state index in [1.54, 1.807) is 0 Å². The Morgan fingerprint density at radius 2 is 1.08 bits per heavy atom. The molecule has 0 spiro atoms. The predicted octanol–water partition coefficient (Wildman–Crippen LogP) is 8.34. The van der Waals surface area contributed by atoms with Crippen LogP contribution in [0.5, 0.6) is 0 Å². The second-order valence-electron chi connectivity index (χ2n) is 9.54. The van der Waals surface area contributed by atoms with Crippen molar-refractivity contribution in [3.8, 4) is 22.8 Å². The maximum atomic E-state index is 4.72. The summed E-state index contributed by atoms with van der Waals surface area (Å²) in [6.07, 6.45) is 3.70. The number of aromatic nitrogens is 4. The second-order valence-corrected chi connectivity index (χ2v) is 9.54. The Balaban J connectivity index is 1.50. The Morgan fingerprint density at radius 1 is 0.421 bits per heavy atom. The van der Waals surface area contributed by atoms with Crippen molar-refractivity contribution < 1.29 is 0 Å². The smallest absolute Gasteiger partial charge is 0.137 e. The molecule has 4 heterocycles. The maximum absolute atomic E-state index is 4.72. The molecule has 0 atom stereocenters. The van der Waals surface area contributed by atoms with Gasteiger partial charge in [0, 0.05) is 45.2 Å². The minimum absolute atomic E-state index is 0.915. The molecule has 0 saturated heterocycles. The second kappa shape index (κ2) is 8.15. The van der Waals surface area contributed by atoms with Gasteiger partial charge in [0.05, 0.1) is 27.8 Å². The Hall–Kier alpha value is -5.22. The van der Waals surface area contributed by atoms with Gasteiger partial charge in [0.25, 0.3) is 0 Å². The summed E-state index contributed by atoms with van der Waals surface area (Å²) < 4.78 is 4.65. The quantitative estimate of drug-likeness (QED) is 0.252. The molecular weight excluding hydrogens is 464 g/mol. The lowest BCUT2D eigenvalue weighted by atomic mass is 10.1. The van der Waals surface area contributed by atoms with Crippen LogP contribution in [0.1, 0.15) is 0 Å². The van der Waals surface area contributed by atoms with Gasteiger partial charge in [0.1, 0.15) is 5.82 Å². The van der Waals surface area contributed by atoms with Gasteiger partial charge in [-0.3, -0.25) is 9.55 Å². The van der Waals surface area contributed by atoms with Gasteiger partial charge in [0.2, 0.25) is 0 Å². The van der Waals surface area contributed by atoms with E-state index in [9.17, 15) is 0 Å². The molecule has 0 bridgehead atoms. The van der Waals surface area contributed by atoms with E-state index >= 15 is 0 Å². The van der Waals surface area contributed by atoms with E-state index in [0.717, 1.165) is 39.3 Å². The van der Waals surface area contributed by atoms with Gasteiger partial charge < -0.3 is 4.57 Å². The SMILES string of the molecule is c1ccc(-c2cccc(-n3c4ccccc4c4cc5c6ccccc6n(-c6ccccn6)c5cc43)c2)nc1. The molecule has 0 fully saturated rings. The highest BCUT2D eigenvalue weighted by Crippen LogP contribution is 2.39. The van der Waals surface area contributed by atoms with Gasteiger partial charge >= 0.3 is 0 Å². The Kier molecular flexibility index (Phi) is 4.49. The summed E-state index contributed by atoms with van der Waals surface area (Å²) in [6.45, 7) is 0. The van der Waals surface area contributed by atoms with Crippen molar-refractivity contribution in [2.24, 2.45) is 0 Å². The Bertz CT molecular complexity index is 2120. The lowest BCUT2D eigenvalue weighted by Crippen LogP contribution is -1.97. The van der Waals surface area contributed by atoms with Gasteiger partial charge in [-0.05, 0) is 60.7 Å². The molecule has 4 nitrogen and oxygen atoms in total. The van der Waals surface area contributed by atoms with Crippen LogP contribution in [0.2, 0.25) is 0 Å². The normalized spacial score (nSPS) is 11.7. The molecule has 178 valence electrons. The van der Waals surface area contributed by atoms with Crippen molar-refractivity contribution in [2.75, 3.05) is 0 Å². The highest BCUT2D eigenvalue weighted by Gasteiger charge is 2.18. The van der Waals surface area contributed by atoms with Crippen LogP contribution < -0.4 is 0 Å². The summed E-state index contributed by atoms with van der Waals surface area (Å²) in [5.41, 5.74) is 7.81. The fourth-order valence-corrected chi connectivity index (χ4v) is 5.78. The van der Waals surface area contributed by atoms with Crippen LogP contribution in [0, 0.1) is 0 Å². The average Bonchev–Trinajstić information content (AvgIpc) is 3.49. The van der Waals surface area contributed by atoms with Crippen molar-refractivity contribution in [3.63, 3.8) is 0 Å². The monoisotopic (exact) mass is 486 g/mol. The number of benzene rings is 4. The van der Waals surface area contributed by atoms with Crippen molar-refractivity contribution in [1.82, 2.24) is 19.1 Å². The number of hydrogen-bond acceptors (Lipinski definition) is 2. The molecule has 0 amide bonds. The number of nitrogens with zero attached hydrogens (tertiary/aromatic N) is 4. The third-order valence-electron chi connectivity index (χ3n) is 7.41. The van der Waals surface area contributed by atoms with Crippen LogP contribution in [0.4, 0.5) is 0 Å². The molecule has 0 unspecified atom stereocenters. The topological polar surface area (TPSA) is 35.6 Å². The van der Waals surface area contributed by atoms with Crippen LogP contribution in [-0.4, -0.2) is 19.1 Å². The maximum Gasteiger partial charge on any atom is 0.137 e. The molecule has 8 aromatic rings. The van der Waals surface area contributed by atoms with E-state index in [1.807, 2.05) is 36.7 Å². The molecule has 0 radical (unpaired) electrons. The highest BCUT2D eigenvalue weighted by atomic mass is 15.1. The first-order valence-electron chi connectivity index (χ1n) is 12.8. The third-order valence-corrected chi connectivity index (χ3v) is 7.41. The lowest BCUT2D eigenvalue weighted by molar-refractivity contribution is 1.08. The van der Waals surface area contributed by atoms with Gasteiger partial charge in [-0.25, -0.2) is 4.98 Å². The largest absolute Gasteiger partial charge is 0.309 e. The molecule has 38 heavy (non-hydrogen) atoms. The predicted molar refractivity (Wildman–Crippen MR) is 156 cm³/mol. The fraction of sp³-hybridized carbons (Fsp3) is 0. The number of para-hydroxylation sites is 2. The van der Waals surface area contributed by atoms with E-state index < -0.39 is 0 Å². The van der Waals surface area contributed by atoms with Crippen molar-refractivity contribution >= 4 is 43.6 Å². The van der Waals surface area contributed by atoms with Crippen molar-refractivity contribution in [1.29, 1.82) is 0 Å². The number of fused-ring (bicyclic) bond motifs is 6. The van der Waals surface area contributed by atoms with Gasteiger partial charge in [0.15, 0.2) is 0 Å². The Labute approximate surface area is 219 Å². The zero-order valence-corrected chi connectivity index (χ0v) is 20.5. The molecule has 8 rings (SSSR count). The molecule has 0 aliphatic rings. The van der Waals surface area contributed by atoms with E-state index in [2.05, 4.69) is 111 Å². The number of hydrogen-bond donors (Lipinski definition) is 0. The number of pyridine rings is 2. The summed E-state index contributed by atoms with van der Waals surface area (Å²) in [5.74, 6) is 0.915. The number of rotatable bonds is 3. The first-order valence-corrected chi connectivity index (χ1v) is 12.8. The van der Waals surface area contributed by atoms with Crippen molar-refractivity contribution in [2.45, 2.75) is 0 Å². The standard InChI is InChI=1S/C34H22N4/c1-3-15-30-25(12-1)27-21-28-26-13-2-4-16-31(26)38(34-17-6-8-19-36-34)33(28)22-32(27)37(30)24-11-9-10-23(20-24)29-14-5-7-18-35-29/h1-22H. The minimum atomic E-state index is 0.915. The van der Waals surface area contributed by atoms with Gasteiger partial charge in [-0.1, -0.05) is 60.7 Å². The zero-order valence-electron chi connectivity index (χ0n) is 20.5. The summed E-state index contributed by atoms with van der Waals surface area (Å²) in [6, 6.07) is 42.7. The first kappa shape index (κ1) is 20.9. The van der Waals surface area contributed by atoms with E-state index in [4.69, 9.17) is 4.98 Å². The molecule has 4 aromatic heterocycles. The fourth-order valence-electron chi connectivity index (χ4n) is 5.78. The molecule has 4 aromatic carbocycles. The molecular formula is C34H22N4. The summed E-state index contributed by atoms with van der Waals surface area (Å²) >= 11 is 0. The van der Waals surface area contributed by atoms with Crippen LogP contribution in [0.25, 0.3) is 66.4 Å². The van der Waals surface area contributed by atoms with Crippen LogP contribution in [0.3, 0.4) is 0 Å². The van der Waals surface area contributed by atoms with Crippen LogP contribution >= 0.6 is 0 Å². The third kappa shape index (κ3) is 3.04. The van der Waals surface area contributed by atoms with Gasteiger partial charge in [-0.2, -0.15) is 0 Å². The molecule has 0 saturated carbocycles. The van der Waals surface area contributed by atoms with Crippen LogP contribution in [-0.2, 0) is 0 Å². The first-order chi connectivity index (χ1) is 18.9. The average molecular weight is 487 g/mol. The zero-order chi connectivity index (χ0) is 25.1. The summed E-state index contributed by atoms with van der Waals surface area (Å²) in [5, 5.41) is 4.93. The van der Waals surface area contributed by atoms with Gasteiger partial charge in [-0.15, -0.1) is 0 Å². The Morgan fingerprint density at radius 3 is 1.79 bits per heavy atom. The molecule has 4 heteroatoms. The molecule has 0 aliphatic heterocycles.